The van der Waals surface area contributed by atoms with Crippen molar-refractivity contribution in [1.82, 2.24) is 15.0 Å². The second-order valence-corrected chi connectivity index (χ2v) is 5.78. The minimum Gasteiger partial charge on any atom is -0.330 e. The van der Waals surface area contributed by atoms with E-state index in [1.165, 1.54) is 5.56 Å². The van der Waals surface area contributed by atoms with Crippen molar-refractivity contribution in [2.75, 3.05) is 6.54 Å². The van der Waals surface area contributed by atoms with Gasteiger partial charge in [-0.2, -0.15) is 0 Å². The van der Waals surface area contributed by atoms with Crippen molar-refractivity contribution in [2.24, 2.45) is 5.73 Å². The van der Waals surface area contributed by atoms with Crippen LogP contribution >= 0.6 is 11.8 Å². The van der Waals surface area contributed by atoms with E-state index in [9.17, 15) is 0 Å². The fourth-order valence-electron chi connectivity index (χ4n) is 2.18. The minimum absolute atomic E-state index is 0.643. The summed E-state index contributed by atoms with van der Waals surface area (Å²) in [6.07, 6.45) is 4.35. The topological polar surface area (TPSA) is 64.7 Å². The minimum atomic E-state index is 0.643. The Bertz CT molecular complexity index is 768. The summed E-state index contributed by atoms with van der Waals surface area (Å²) in [6.45, 7) is 2.71. The molecule has 1 aromatic carbocycles. The highest BCUT2D eigenvalue weighted by Gasteiger charge is 2.09. The van der Waals surface area contributed by atoms with E-state index in [-0.39, 0.29) is 0 Å². The van der Waals surface area contributed by atoms with Crippen molar-refractivity contribution in [3.05, 3.63) is 54.0 Å². The molecule has 0 unspecified atom stereocenters. The number of rotatable bonds is 4. The van der Waals surface area contributed by atoms with Gasteiger partial charge >= 0.3 is 0 Å². The molecule has 0 aliphatic heterocycles. The van der Waals surface area contributed by atoms with E-state index < -0.39 is 0 Å². The van der Waals surface area contributed by atoms with E-state index in [0.29, 0.717) is 6.54 Å². The van der Waals surface area contributed by atoms with E-state index in [0.717, 1.165) is 32.9 Å². The number of benzene rings is 1. The molecule has 0 radical (unpaired) electrons. The number of hydrogen-bond acceptors (Lipinski definition) is 5. The van der Waals surface area contributed by atoms with Gasteiger partial charge in [0.25, 0.3) is 0 Å². The molecule has 106 valence electrons. The van der Waals surface area contributed by atoms with Crippen molar-refractivity contribution in [1.29, 1.82) is 0 Å². The third-order valence-corrected chi connectivity index (χ3v) is 4.36. The molecule has 5 heteroatoms. The van der Waals surface area contributed by atoms with Gasteiger partial charge in [0.2, 0.25) is 0 Å². The van der Waals surface area contributed by atoms with Gasteiger partial charge in [-0.3, -0.25) is 0 Å². The standard InChI is InChI=1S/C16H16N4S/c1-11-8-12(6-7-17)9-18-15(11)21-16-13-4-2-3-5-14(13)19-10-20-16/h2-5,8-10H,6-7,17H2,1H3. The first-order valence-electron chi connectivity index (χ1n) is 6.81. The molecule has 0 aliphatic carbocycles. The van der Waals surface area contributed by atoms with Gasteiger partial charge in [-0.15, -0.1) is 0 Å². The van der Waals surface area contributed by atoms with Gasteiger partial charge in [-0.05, 0) is 48.8 Å². The molecule has 0 amide bonds. The van der Waals surface area contributed by atoms with Gasteiger partial charge < -0.3 is 5.73 Å². The molecule has 0 aliphatic rings. The van der Waals surface area contributed by atoms with Crippen LogP contribution in [-0.4, -0.2) is 21.5 Å². The average Bonchev–Trinajstić information content (AvgIpc) is 2.51. The summed E-state index contributed by atoms with van der Waals surface area (Å²) in [4.78, 5) is 13.2. The summed E-state index contributed by atoms with van der Waals surface area (Å²) in [7, 11) is 0. The number of para-hydroxylation sites is 1. The van der Waals surface area contributed by atoms with Crippen LogP contribution in [0.25, 0.3) is 10.9 Å². The van der Waals surface area contributed by atoms with Crippen molar-refractivity contribution in [3.8, 4) is 0 Å². The van der Waals surface area contributed by atoms with Crippen molar-refractivity contribution >= 4 is 22.7 Å². The molecule has 3 aromatic rings. The number of fused-ring (bicyclic) bond motifs is 1. The normalized spacial score (nSPS) is 11.0. The van der Waals surface area contributed by atoms with E-state index in [4.69, 9.17) is 5.73 Å². The summed E-state index contributed by atoms with van der Waals surface area (Å²) in [5.41, 5.74) is 8.86. The number of aromatic nitrogens is 3. The molecule has 21 heavy (non-hydrogen) atoms. The van der Waals surface area contributed by atoms with Crippen LogP contribution in [0.2, 0.25) is 0 Å². The van der Waals surface area contributed by atoms with Gasteiger partial charge in [0.1, 0.15) is 16.4 Å². The molecule has 2 N–H and O–H groups in total. The monoisotopic (exact) mass is 296 g/mol. The number of nitrogens with zero attached hydrogens (tertiary/aromatic N) is 3. The maximum Gasteiger partial charge on any atom is 0.117 e. The molecule has 0 atom stereocenters. The van der Waals surface area contributed by atoms with E-state index >= 15 is 0 Å². The molecule has 2 aromatic heterocycles. The Morgan fingerprint density at radius 1 is 1.10 bits per heavy atom. The number of nitrogens with two attached hydrogens (primary N) is 1. The van der Waals surface area contributed by atoms with Gasteiger partial charge in [-0.25, -0.2) is 15.0 Å². The SMILES string of the molecule is Cc1cc(CCN)cnc1Sc1ncnc2ccccc12. The van der Waals surface area contributed by atoms with Crippen molar-refractivity contribution in [3.63, 3.8) is 0 Å². The maximum atomic E-state index is 5.58. The van der Waals surface area contributed by atoms with Crippen LogP contribution in [0.4, 0.5) is 0 Å². The average molecular weight is 296 g/mol. The fraction of sp³-hybridized carbons (Fsp3) is 0.188. The van der Waals surface area contributed by atoms with Gasteiger partial charge in [-0.1, -0.05) is 24.3 Å². The quantitative estimate of drug-likeness (QED) is 0.750. The van der Waals surface area contributed by atoms with E-state index in [1.807, 2.05) is 30.5 Å². The highest BCUT2D eigenvalue weighted by Crippen LogP contribution is 2.31. The predicted octanol–water partition coefficient (Wildman–Crippen LogP) is 2.99. The lowest BCUT2D eigenvalue weighted by molar-refractivity contribution is 0.935. The van der Waals surface area contributed by atoms with Crippen LogP contribution in [0.1, 0.15) is 11.1 Å². The highest BCUT2D eigenvalue weighted by molar-refractivity contribution is 7.99. The van der Waals surface area contributed by atoms with Crippen molar-refractivity contribution < 1.29 is 0 Å². The zero-order chi connectivity index (χ0) is 14.7. The second kappa shape index (κ2) is 6.20. The Kier molecular flexibility index (Phi) is 4.13. The van der Waals surface area contributed by atoms with Crippen LogP contribution in [0.15, 0.2) is 52.9 Å². The van der Waals surface area contributed by atoms with Crippen LogP contribution in [0.5, 0.6) is 0 Å². The van der Waals surface area contributed by atoms with Crippen molar-refractivity contribution in [2.45, 2.75) is 23.4 Å². The Morgan fingerprint density at radius 2 is 1.95 bits per heavy atom. The molecule has 4 nitrogen and oxygen atoms in total. The van der Waals surface area contributed by atoms with Gasteiger partial charge in [0, 0.05) is 11.6 Å². The Morgan fingerprint density at radius 3 is 2.76 bits per heavy atom. The second-order valence-electron chi connectivity index (χ2n) is 4.80. The largest absolute Gasteiger partial charge is 0.330 e. The van der Waals surface area contributed by atoms with Crippen LogP contribution < -0.4 is 5.73 Å². The zero-order valence-corrected chi connectivity index (χ0v) is 12.6. The number of aryl methyl sites for hydroxylation is 1. The molecule has 0 spiro atoms. The van der Waals surface area contributed by atoms with Crippen LogP contribution in [-0.2, 0) is 6.42 Å². The molecular formula is C16H16N4S. The van der Waals surface area contributed by atoms with Crippen LogP contribution in [0.3, 0.4) is 0 Å². The first kappa shape index (κ1) is 14.0. The Hall–Kier alpha value is -1.98. The molecule has 0 fully saturated rings. The Balaban J connectivity index is 1.95. The lowest BCUT2D eigenvalue weighted by atomic mass is 10.2. The molecule has 0 saturated heterocycles. The van der Waals surface area contributed by atoms with E-state index in [1.54, 1.807) is 18.1 Å². The molecular weight excluding hydrogens is 280 g/mol. The number of hydrogen-bond donors (Lipinski definition) is 1. The molecule has 0 saturated carbocycles. The van der Waals surface area contributed by atoms with Gasteiger partial charge in [0.15, 0.2) is 0 Å². The highest BCUT2D eigenvalue weighted by atomic mass is 32.2. The lowest BCUT2D eigenvalue weighted by Gasteiger charge is -2.08. The van der Waals surface area contributed by atoms with E-state index in [2.05, 4.69) is 27.9 Å². The third kappa shape index (κ3) is 3.04. The zero-order valence-electron chi connectivity index (χ0n) is 11.8. The smallest absolute Gasteiger partial charge is 0.117 e. The fourth-order valence-corrected chi connectivity index (χ4v) is 3.07. The molecule has 3 rings (SSSR count). The summed E-state index contributed by atoms with van der Waals surface area (Å²) in [5, 5.41) is 2.96. The third-order valence-electron chi connectivity index (χ3n) is 3.22. The summed E-state index contributed by atoms with van der Waals surface area (Å²) in [5.74, 6) is 0. The summed E-state index contributed by atoms with van der Waals surface area (Å²) >= 11 is 1.58. The predicted molar refractivity (Wildman–Crippen MR) is 85.4 cm³/mol. The molecule has 0 bridgehead atoms. The number of pyridine rings is 1. The summed E-state index contributed by atoms with van der Waals surface area (Å²) < 4.78 is 0. The first-order valence-corrected chi connectivity index (χ1v) is 7.63. The Labute approximate surface area is 127 Å². The first-order chi connectivity index (χ1) is 10.3. The van der Waals surface area contributed by atoms with Crippen LogP contribution in [0, 0.1) is 6.92 Å². The van der Waals surface area contributed by atoms with Gasteiger partial charge in [0.05, 0.1) is 5.52 Å². The lowest BCUT2D eigenvalue weighted by Crippen LogP contribution is -2.03. The summed E-state index contributed by atoms with van der Waals surface area (Å²) in [6, 6.07) is 10.2. The molecule has 2 heterocycles. The maximum absolute atomic E-state index is 5.58.